The lowest BCUT2D eigenvalue weighted by Crippen LogP contribution is -2.32. The molecule has 0 atom stereocenters. The van der Waals surface area contributed by atoms with Gasteiger partial charge in [-0.05, 0) is 30.5 Å². The van der Waals surface area contributed by atoms with Crippen LogP contribution in [0.2, 0.25) is 0 Å². The number of hydrogen-bond donors (Lipinski definition) is 1. The quantitative estimate of drug-likeness (QED) is 0.627. The monoisotopic (exact) mass is 382 g/mol. The predicted octanol–water partition coefficient (Wildman–Crippen LogP) is 2.06. The number of aromatic nitrogens is 5. The van der Waals surface area contributed by atoms with E-state index in [4.69, 9.17) is 4.74 Å². The molecule has 0 radical (unpaired) electrons. The van der Waals surface area contributed by atoms with Gasteiger partial charge in [0.2, 0.25) is 5.91 Å². The molecule has 0 unspecified atom stereocenters. The van der Waals surface area contributed by atoms with Gasteiger partial charge in [0.05, 0.1) is 6.61 Å². The highest BCUT2D eigenvalue weighted by molar-refractivity contribution is 5.89. The minimum atomic E-state index is -0.429. The molecule has 0 fully saturated rings. The average Bonchev–Trinajstić information content (AvgIpc) is 3.11. The fourth-order valence-corrected chi connectivity index (χ4v) is 2.70. The Morgan fingerprint density at radius 3 is 2.82 bits per heavy atom. The lowest BCUT2D eigenvalue weighted by molar-refractivity contribution is -0.117. The lowest BCUT2D eigenvalue weighted by atomic mass is 10.1. The van der Waals surface area contributed by atoms with E-state index in [1.165, 1.54) is 12.5 Å². The van der Waals surface area contributed by atoms with Crippen LogP contribution in [0, 0.1) is 0 Å². The van der Waals surface area contributed by atoms with Gasteiger partial charge in [-0.2, -0.15) is 0 Å². The second-order valence-corrected chi connectivity index (χ2v) is 6.47. The summed E-state index contributed by atoms with van der Waals surface area (Å²) < 4.78 is 8.26. The van der Waals surface area contributed by atoms with Gasteiger partial charge in [-0.15, -0.1) is 5.10 Å². The van der Waals surface area contributed by atoms with Crippen LogP contribution >= 0.6 is 0 Å². The molecule has 28 heavy (non-hydrogen) atoms. The molecule has 9 nitrogen and oxygen atoms in total. The minimum Gasteiger partial charge on any atom is -0.491 e. The first-order chi connectivity index (χ1) is 13.4. The van der Waals surface area contributed by atoms with Crippen LogP contribution in [-0.4, -0.2) is 36.7 Å². The van der Waals surface area contributed by atoms with E-state index in [9.17, 15) is 9.59 Å². The zero-order valence-electron chi connectivity index (χ0n) is 16.0. The van der Waals surface area contributed by atoms with E-state index in [0.29, 0.717) is 29.5 Å². The third kappa shape index (κ3) is 3.93. The third-order valence-corrected chi connectivity index (χ3v) is 4.12. The Bertz CT molecular complexity index is 1070. The number of nitrogens with zero attached hydrogens (tertiary/aromatic N) is 5. The first-order valence-electron chi connectivity index (χ1n) is 8.91. The minimum absolute atomic E-state index is 0.224. The molecule has 1 N–H and O–H groups in total. The molecule has 3 heterocycles. The molecule has 9 heteroatoms. The fraction of sp³-hybridized carbons (Fsp3) is 0.316. The fourth-order valence-electron chi connectivity index (χ4n) is 2.70. The summed E-state index contributed by atoms with van der Waals surface area (Å²) in [7, 11) is 0. The largest absolute Gasteiger partial charge is 0.491 e. The Morgan fingerprint density at radius 1 is 1.39 bits per heavy atom. The SMILES string of the molecule is C=C(OCC)c1nn(CC(=O)Nc2ccncn2)c(=O)c2cc(C(C)C)cn12. The summed E-state index contributed by atoms with van der Waals surface area (Å²) in [5, 5.41) is 6.93. The van der Waals surface area contributed by atoms with Crippen molar-refractivity contribution in [3.05, 3.63) is 59.2 Å². The number of ether oxygens (including phenoxy) is 1. The smallest absolute Gasteiger partial charge is 0.291 e. The van der Waals surface area contributed by atoms with Gasteiger partial charge in [0, 0.05) is 12.4 Å². The molecule has 0 saturated heterocycles. The third-order valence-electron chi connectivity index (χ3n) is 4.12. The van der Waals surface area contributed by atoms with E-state index >= 15 is 0 Å². The van der Waals surface area contributed by atoms with Crippen molar-refractivity contribution >= 4 is 23.0 Å². The highest BCUT2D eigenvalue weighted by Gasteiger charge is 2.18. The molecule has 3 aromatic rings. The van der Waals surface area contributed by atoms with Crippen LogP contribution in [-0.2, 0) is 16.1 Å². The normalized spacial score (nSPS) is 11.0. The topological polar surface area (TPSA) is 103 Å². The predicted molar refractivity (Wildman–Crippen MR) is 105 cm³/mol. The van der Waals surface area contributed by atoms with E-state index in [1.54, 1.807) is 16.5 Å². The maximum Gasteiger partial charge on any atom is 0.291 e. The molecule has 3 aromatic heterocycles. The van der Waals surface area contributed by atoms with Crippen LogP contribution in [0.3, 0.4) is 0 Å². The lowest BCUT2D eigenvalue weighted by Gasteiger charge is -2.12. The Balaban J connectivity index is 2.01. The Hall–Kier alpha value is -3.49. The second-order valence-electron chi connectivity index (χ2n) is 6.47. The second kappa shape index (κ2) is 8.03. The first kappa shape index (κ1) is 19.3. The van der Waals surface area contributed by atoms with Gasteiger partial charge in [-0.3, -0.25) is 14.0 Å². The van der Waals surface area contributed by atoms with Crippen LogP contribution in [0.1, 0.15) is 38.1 Å². The molecule has 0 aliphatic rings. The molecule has 0 aliphatic heterocycles. The molecule has 3 rings (SSSR count). The van der Waals surface area contributed by atoms with Crippen molar-refractivity contribution < 1.29 is 9.53 Å². The van der Waals surface area contributed by atoms with Crippen molar-refractivity contribution in [2.75, 3.05) is 11.9 Å². The molecule has 0 saturated carbocycles. The number of carbonyl (C=O) groups is 1. The van der Waals surface area contributed by atoms with Crippen LogP contribution in [0.25, 0.3) is 11.3 Å². The Labute approximate surface area is 161 Å². The molecule has 146 valence electrons. The summed E-state index contributed by atoms with van der Waals surface area (Å²) in [6.45, 7) is 9.94. The van der Waals surface area contributed by atoms with Gasteiger partial charge in [-0.1, -0.05) is 20.4 Å². The molecular weight excluding hydrogens is 360 g/mol. The molecule has 0 aromatic carbocycles. The van der Waals surface area contributed by atoms with Crippen molar-refractivity contribution in [2.24, 2.45) is 0 Å². The average molecular weight is 382 g/mol. The zero-order chi connectivity index (χ0) is 20.3. The number of amides is 1. The van der Waals surface area contributed by atoms with Gasteiger partial charge in [0.15, 0.2) is 11.6 Å². The van der Waals surface area contributed by atoms with Crippen LogP contribution in [0.15, 0.2) is 42.2 Å². The van der Waals surface area contributed by atoms with Crippen molar-refractivity contribution in [1.29, 1.82) is 0 Å². The van der Waals surface area contributed by atoms with E-state index < -0.39 is 5.91 Å². The highest BCUT2D eigenvalue weighted by atomic mass is 16.5. The Morgan fingerprint density at radius 2 is 2.18 bits per heavy atom. The van der Waals surface area contributed by atoms with Gasteiger partial charge in [0.1, 0.15) is 24.2 Å². The highest BCUT2D eigenvalue weighted by Crippen LogP contribution is 2.20. The number of carbonyl (C=O) groups excluding carboxylic acids is 1. The standard InChI is InChI=1S/C19H22N6O3/c1-5-28-13(4)18-23-25(10-17(26)22-16-6-7-20-11-21-16)19(27)15-8-14(12(2)3)9-24(15)18/h6-9,11-12H,4-5,10H2,1-3H3,(H,20,21,22,26). The maximum atomic E-state index is 12.9. The number of fused-ring (bicyclic) bond motifs is 1. The van der Waals surface area contributed by atoms with Crippen molar-refractivity contribution in [2.45, 2.75) is 33.2 Å². The number of nitrogens with one attached hydrogen (secondary N) is 1. The summed E-state index contributed by atoms with van der Waals surface area (Å²) in [6, 6.07) is 3.36. The molecule has 0 aliphatic carbocycles. The van der Waals surface area contributed by atoms with Crippen molar-refractivity contribution in [3.8, 4) is 0 Å². The van der Waals surface area contributed by atoms with Gasteiger partial charge in [-0.25, -0.2) is 14.6 Å². The summed E-state index contributed by atoms with van der Waals surface area (Å²) in [4.78, 5) is 33.0. The Kier molecular flexibility index (Phi) is 5.53. The van der Waals surface area contributed by atoms with E-state index in [1.807, 2.05) is 27.0 Å². The molecule has 0 bridgehead atoms. The van der Waals surface area contributed by atoms with Gasteiger partial charge in [0.25, 0.3) is 5.56 Å². The van der Waals surface area contributed by atoms with E-state index in [-0.39, 0.29) is 18.0 Å². The summed E-state index contributed by atoms with van der Waals surface area (Å²) in [5.74, 6) is 0.836. The molecule has 0 spiro atoms. The van der Waals surface area contributed by atoms with Gasteiger partial charge < -0.3 is 10.1 Å². The van der Waals surface area contributed by atoms with Crippen LogP contribution in [0.4, 0.5) is 5.82 Å². The molecule has 1 amide bonds. The van der Waals surface area contributed by atoms with Gasteiger partial charge >= 0.3 is 0 Å². The number of rotatable bonds is 7. The number of hydrogen-bond acceptors (Lipinski definition) is 6. The van der Waals surface area contributed by atoms with E-state index in [2.05, 4.69) is 27.0 Å². The number of anilines is 1. The maximum absolute atomic E-state index is 12.9. The zero-order valence-corrected chi connectivity index (χ0v) is 16.0. The van der Waals surface area contributed by atoms with Crippen molar-refractivity contribution in [3.63, 3.8) is 0 Å². The van der Waals surface area contributed by atoms with Crippen LogP contribution in [0.5, 0.6) is 0 Å². The van der Waals surface area contributed by atoms with Crippen molar-refractivity contribution in [1.82, 2.24) is 24.1 Å². The molecular formula is C19H22N6O3. The summed E-state index contributed by atoms with van der Waals surface area (Å²) in [5.41, 5.74) is 1.01. The van der Waals surface area contributed by atoms with Crippen LogP contribution < -0.4 is 10.9 Å². The first-order valence-corrected chi connectivity index (χ1v) is 8.91. The van der Waals surface area contributed by atoms with E-state index in [0.717, 1.165) is 10.2 Å². The summed E-state index contributed by atoms with van der Waals surface area (Å²) >= 11 is 0. The summed E-state index contributed by atoms with van der Waals surface area (Å²) in [6.07, 6.45) is 4.68.